The molecule has 2 unspecified atom stereocenters. The molecule has 1 aliphatic carbocycles. The smallest absolute Gasteiger partial charge is 0.189 e. The van der Waals surface area contributed by atoms with Gasteiger partial charge in [-0.2, -0.15) is 0 Å². The van der Waals surface area contributed by atoms with Crippen molar-refractivity contribution in [2.24, 2.45) is 16.6 Å². The number of hydrogen-bond acceptors (Lipinski definition) is 1. The fourth-order valence-corrected chi connectivity index (χ4v) is 0.922. The van der Waals surface area contributed by atoms with Crippen LogP contribution < -0.4 is 11.1 Å². The van der Waals surface area contributed by atoms with E-state index in [1.54, 1.807) is 6.08 Å². The number of hydrogen-bond donors (Lipinski definition) is 2. The maximum Gasteiger partial charge on any atom is 0.189 e. The van der Waals surface area contributed by atoms with Gasteiger partial charge in [0, 0.05) is 6.04 Å². The van der Waals surface area contributed by atoms with Crippen molar-refractivity contribution < 1.29 is 0 Å². The number of nitrogens with zero attached hydrogens (tertiary/aromatic N) is 1. The van der Waals surface area contributed by atoms with Gasteiger partial charge < -0.3 is 11.1 Å². The molecule has 0 aromatic rings. The largest absolute Gasteiger partial charge is 0.370 e. The third-order valence-electron chi connectivity index (χ3n) is 1.83. The van der Waals surface area contributed by atoms with Crippen LogP contribution in [0.2, 0.25) is 0 Å². The van der Waals surface area contributed by atoms with Crippen LogP contribution in [0.15, 0.2) is 17.6 Å². The summed E-state index contributed by atoms with van der Waals surface area (Å²) in [6, 6.07) is 0.559. The van der Waals surface area contributed by atoms with Crippen LogP contribution in [-0.2, 0) is 0 Å². The fourth-order valence-electron chi connectivity index (χ4n) is 0.922. The maximum absolute atomic E-state index is 5.55. The summed E-state index contributed by atoms with van der Waals surface area (Å²) in [6.45, 7) is 6.34. The van der Waals surface area contributed by atoms with Crippen molar-refractivity contribution in [2.45, 2.75) is 19.4 Å². The zero-order valence-electron chi connectivity index (χ0n) is 6.88. The van der Waals surface area contributed by atoms with E-state index in [1.807, 2.05) is 0 Å². The number of nitrogens with one attached hydrogen (secondary N) is 1. The highest BCUT2D eigenvalue weighted by Crippen LogP contribution is 2.28. The van der Waals surface area contributed by atoms with Gasteiger partial charge in [0.15, 0.2) is 5.96 Å². The van der Waals surface area contributed by atoms with E-state index in [4.69, 9.17) is 5.73 Å². The Morgan fingerprint density at radius 3 is 3.00 bits per heavy atom. The maximum atomic E-state index is 5.55. The van der Waals surface area contributed by atoms with Gasteiger partial charge in [-0.3, -0.25) is 0 Å². The molecule has 1 saturated carbocycles. The van der Waals surface area contributed by atoms with E-state index >= 15 is 0 Å². The summed E-state index contributed by atoms with van der Waals surface area (Å²) < 4.78 is 0. The normalized spacial score (nSPS) is 29.7. The summed E-state index contributed by atoms with van der Waals surface area (Å²) in [5.74, 6) is 1.30. The Hall–Kier alpha value is -0.990. The van der Waals surface area contributed by atoms with Gasteiger partial charge in [-0.15, -0.1) is 6.58 Å². The van der Waals surface area contributed by atoms with Gasteiger partial charge in [0.1, 0.15) is 0 Å². The number of nitrogens with two attached hydrogens (primary N) is 1. The second-order valence-electron chi connectivity index (χ2n) is 2.98. The average molecular weight is 153 g/mol. The quantitative estimate of drug-likeness (QED) is 0.352. The molecule has 0 bridgehead atoms. The molecule has 11 heavy (non-hydrogen) atoms. The van der Waals surface area contributed by atoms with Crippen LogP contribution in [0.5, 0.6) is 0 Å². The molecule has 0 saturated heterocycles. The first-order chi connectivity index (χ1) is 5.24. The monoisotopic (exact) mass is 153 g/mol. The molecule has 0 spiro atoms. The number of aliphatic imine (C=N–C) groups is 1. The summed E-state index contributed by atoms with van der Waals surface area (Å²) in [7, 11) is 0. The van der Waals surface area contributed by atoms with Gasteiger partial charge in [0.2, 0.25) is 0 Å². The minimum absolute atomic E-state index is 0.541. The van der Waals surface area contributed by atoms with Gasteiger partial charge in [-0.05, 0) is 12.3 Å². The van der Waals surface area contributed by atoms with Crippen LogP contribution in [0.4, 0.5) is 0 Å². The van der Waals surface area contributed by atoms with Crippen molar-refractivity contribution >= 4 is 5.96 Å². The zero-order valence-corrected chi connectivity index (χ0v) is 6.88. The zero-order chi connectivity index (χ0) is 8.27. The minimum atomic E-state index is 0.541. The van der Waals surface area contributed by atoms with Crippen LogP contribution in [0.1, 0.15) is 13.3 Å². The highest BCUT2D eigenvalue weighted by molar-refractivity contribution is 5.78. The summed E-state index contributed by atoms with van der Waals surface area (Å²) in [4.78, 5) is 4.02. The summed E-state index contributed by atoms with van der Waals surface area (Å²) >= 11 is 0. The Kier molecular flexibility index (Phi) is 2.52. The molecule has 2 atom stereocenters. The lowest BCUT2D eigenvalue weighted by molar-refractivity contribution is 0.804. The van der Waals surface area contributed by atoms with Crippen molar-refractivity contribution in [3.8, 4) is 0 Å². The van der Waals surface area contributed by atoms with Crippen molar-refractivity contribution in [2.75, 3.05) is 6.54 Å². The molecular formula is C8H15N3. The number of rotatable bonds is 3. The van der Waals surface area contributed by atoms with Gasteiger partial charge in [-0.1, -0.05) is 13.0 Å². The molecule has 1 aliphatic rings. The van der Waals surface area contributed by atoms with Crippen LogP contribution in [0, 0.1) is 5.92 Å². The third-order valence-corrected chi connectivity index (χ3v) is 1.83. The molecular weight excluding hydrogens is 138 g/mol. The first kappa shape index (κ1) is 8.11. The molecule has 1 rings (SSSR count). The molecule has 3 nitrogen and oxygen atoms in total. The molecule has 0 radical (unpaired) electrons. The van der Waals surface area contributed by atoms with E-state index in [2.05, 4.69) is 23.8 Å². The summed E-state index contributed by atoms with van der Waals surface area (Å²) in [6.07, 6.45) is 2.94. The lowest BCUT2D eigenvalue weighted by atomic mass is 10.5. The highest BCUT2D eigenvalue weighted by Gasteiger charge is 2.32. The minimum Gasteiger partial charge on any atom is -0.370 e. The molecule has 62 valence electrons. The Morgan fingerprint density at radius 1 is 1.91 bits per heavy atom. The predicted octanol–water partition coefficient (Wildman–Crippen LogP) is 0.485. The van der Waals surface area contributed by atoms with Gasteiger partial charge in [0.25, 0.3) is 0 Å². The molecule has 3 N–H and O–H groups in total. The van der Waals surface area contributed by atoms with E-state index in [1.165, 1.54) is 6.42 Å². The second kappa shape index (κ2) is 3.42. The molecule has 1 fully saturated rings. The Bertz CT molecular complexity index is 174. The summed E-state index contributed by atoms with van der Waals surface area (Å²) in [5, 5.41) is 3.12. The van der Waals surface area contributed by atoms with E-state index in [9.17, 15) is 0 Å². The average Bonchev–Trinajstić information content (AvgIpc) is 2.62. The first-order valence-electron chi connectivity index (χ1n) is 3.91. The van der Waals surface area contributed by atoms with Crippen LogP contribution in [0.25, 0.3) is 0 Å². The molecule has 0 amide bonds. The first-order valence-corrected chi connectivity index (χ1v) is 3.91. The van der Waals surface area contributed by atoms with E-state index in [0.29, 0.717) is 18.5 Å². The Morgan fingerprint density at radius 2 is 2.55 bits per heavy atom. The second-order valence-corrected chi connectivity index (χ2v) is 2.98. The predicted molar refractivity (Wildman–Crippen MR) is 47.4 cm³/mol. The Labute approximate surface area is 67.4 Å². The summed E-state index contributed by atoms with van der Waals surface area (Å²) in [5.41, 5.74) is 5.55. The fraction of sp³-hybridized carbons (Fsp3) is 0.625. The van der Waals surface area contributed by atoms with E-state index < -0.39 is 0 Å². The lowest BCUT2D eigenvalue weighted by Gasteiger charge is -2.01. The molecule has 0 aliphatic heterocycles. The van der Waals surface area contributed by atoms with Crippen molar-refractivity contribution in [1.82, 2.24) is 5.32 Å². The van der Waals surface area contributed by atoms with Crippen molar-refractivity contribution in [3.63, 3.8) is 0 Å². The van der Waals surface area contributed by atoms with Gasteiger partial charge in [-0.25, -0.2) is 4.99 Å². The van der Waals surface area contributed by atoms with Gasteiger partial charge >= 0.3 is 0 Å². The van der Waals surface area contributed by atoms with Crippen molar-refractivity contribution in [1.29, 1.82) is 0 Å². The van der Waals surface area contributed by atoms with Crippen LogP contribution in [0.3, 0.4) is 0 Å². The SMILES string of the molecule is C=CCN=C(N)NC1CC1C. The molecule has 3 heteroatoms. The standard InChI is InChI=1S/C8H15N3/c1-3-4-10-8(9)11-7-5-6(7)2/h3,6-7H,1,4-5H2,2H3,(H3,9,10,11). The number of guanidine groups is 1. The Balaban J connectivity index is 2.19. The molecule has 0 aromatic carbocycles. The highest BCUT2D eigenvalue weighted by atomic mass is 15.1. The molecule has 0 aromatic heterocycles. The third kappa shape index (κ3) is 2.62. The molecule has 0 heterocycles. The van der Waals surface area contributed by atoms with E-state index in [-0.39, 0.29) is 0 Å². The van der Waals surface area contributed by atoms with Crippen LogP contribution >= 0.6 is 0 Å². The van der Waals surface area contributed by atoms with E-state index in [0.717, 1.165) is 5.92 Å². The van der Waals surface area contributed by atoms with Crippen LogP contribution in [-0.4, -0.2) is 18.5 Å². The topological polar surface area (TPSA) is 50.4 Å². The lowest BCUT2D eigenvalue weighted by Crippen LogP contribution is -2.34. The van der Waals surface area contributed by atoms with Gasteiger partial charge in [0.05, 0.1) is 6.54 Å². The van der Waals surface area contributed by atoms with Crippen molar-refractivity contribution in [3.05, 3.63) is 12.7 Å².